The second-order valence-electron chi connectivity index (χ2n) is 5.77. The number of nitrogens with one attached hydrogen (secondary N) is 1. The van der Waals surface area contributed by atoms with Gasteiger partial charge in [-0.25, -0.2) is 9.97 Å². The molecule has 0 aliphatic carbocycles. The van der Waals surface area contributed by atoms with Gasteiger partial charge in [-0.05, 0) is 52.6 Å². The Bertz CT molecular complexity index is 430. The number of anilines is 1. The van der Waals surface area contributed by atoms with Gasteiger partial charge in [0.2, 0.25) is 5.88 Å². The summed E-state index contributed by atoms with van der Waals surface area (Å²) in [5.41, 5.74) is 1.03. The molecule has 0 unspecified atom stereocenters. The number of piperidine rings is 1. The highest BCUT2D eigenvalue weighted by atomic mass is 16.5. The van der Waals surface area contributed by atoms with E-state index in [0.717, 1.165) is 36.9 Å². The molecule has 1 N–H and O–H groups in total. The van der Waals surface area contributed by atoms with E-state index in [4.69, 9.17) is 4.74 Å². The molecule has 0 aromatic carbocycles. The van der Waals surface area contributed by atoms with Crippen LogP contribution in [0.5, 0.6) is 5.88 Å². The summed E-state index contributed by atoms with van der Waals surface area (Å²) >= 11 is 0. The average Bonchev–Trinajstić information content (AvgIpc) is 2.46. The van der Waals surface area contributed by atoms with Gasteiger partial charge >= 0.3 is 0 Å². The number of hydrogen-bond acceptors (Lipinski definition) is 5. The van der Waals surface area contributed by atoms with Crippen molar-refractivity contribution < 1.29 is 4.74 Å². The Morgan fingerprint density at radius 2 is 2.05 bits per heavy atom. The molecule has 20 heavy (non-hydrogen) atoms. The molecule has 1 aromatic heterocycles. The first-order valence-corrected chi connectivity index (χ1v) is 7.46. The van der Waals surface area contributed by atoms with Crippen LogP contribution in [0.2, 0.25) is 0 Å². The van der Waals surface area contributed by atoms with E-state index in [0.29, 0.717) is 11.9 Å². The molecule has 5 heteroatoms. The van der Waals surface area contributed by atoms with Crippen molar-refractivity contribution in [3.05, 3.63) is 11.9 Å². The number of nitrogens with zero attached hydrogens (tertiary/aromatic N) is 3. The Morgan fingerprint density at radius 3 is 2.65 bits per heavy atom. The third-order valence-electron chi connectivity index (χ3n) is 4.01. The van der Waals surface area contributed by atoms with E-state index in [2.05, 4.69) is 34.0 Å². The molecule has 0 radical (unpaired) electrons. The lowest BCUT2D eigenvalue weighted by atomic mass is 9.97. The van der Waals surface area contributed by atoms with Crippen molar-refractivity contribution in [3.63, 3.8) is 0 Å². The minimum absolute atomic E-state index is 0.420. The van der Waals surface area contributed by atoms with E-state index >= 15 is 0 Å². The second-order valence-corrected chi connectivity index (χ2v) is 5.77. The van der Waals surface area contributed by atoms with Crippen LogP contribution >= 0.6 is 0 Å². The minimum Gasteiger partial charge on any atom is -0.481 e. The molecule has 0 spiro atoms. The highest BCUT2D eigenvalue weighted by Gasteiger charge is 2.22. The monoisotopic (exact) mass is 278 g/mol. The van der Waals surface area contributed by atoms with E-state index in [9.17, 15) is 0 Å². The van der Waals surface area contributed by atoms with Crippen LogP contribution in [0.4, 0.5) is 5.82 Å². The van der Waals surface area contributed by atoms with Crippen molar-refractivity contribution in [2.75, 3.05) is 31.6 Å². The van der Waals surface area contributed by atoms with Crippen LogP contribution in [0, 0.1) is 12.8 Å². The zero-order valence-electron chi connectivity index (χ0n) is 13.0. The topological polar surface area (TPSA) is 50.3 Å². The Labute approximate surface area is 121 Å². The zero-order chi connectivity index (χ0) is 14.5. The van der Waals surface area contributed by atoms with E-state index in [1.807, 2.05) is 6.92 Å². The smallest absolute Gasteiger partial charge is 0.221 e. The molecule has 2 rings (SSSR count). The van der Waals surface area contributed by atoms with Crippen molar-refractivity contribution >= 4 is 5.82 Å². The van der Waals surface area contributed by atoms with Crippen LogP contribution in [-0.4, -0.2) is 42.8 Å². The van der Waals surface area contributed by atoms with E-state index in [1.165, 1.54) is 12.8 Å². The molecular weight excluding hydrogens is 252 g/mol. The summed E-state index contributed by atoms with van der Waals surface area (Å²) in [6, 6.07) is 0.420. The highest BCUT2D eigenvalue weighted by molar-refractivity contribution is 5.50. The molecule has 112 valence electrons. The van der Waals surface area contributed by atoms with Gasteiger partial charge < -0.3 is 15.0 Å². The van der Waals surface area contributed by atoms with Gasteiger partial charge in [0.05, 0.1) is 12.7 Å². The third kappa shape index (κ3) is 3.39. The SMILES string of the molecule is COc1ncnc(N(CC2CCNCC2)C(C)C)c1C. The van der Waals surface area contributed by atoms with Gasteiger partial charge in [0.15, 0.2) is 0 Å². The molecule has 0 atom stereocenters. The summed E-state index contributed by atoms with van der Waals surface area (Å²) in [7, 11) is 1.66. The molecule has 5 nitrogen and oxygen atoms in total. The van der Waals surface area contributed by atoms with Crippen LogP contribution in [0.15, 0.2) is 6.33 Å². The molecule has 0 saturated carbocycles. The Balaban J connectivity index is 2.19. The van der Waals surface area contributed by atoms with Crippen LogP contribution < -0.4 is 15.0 Å². The molecule has 1 fully saturated rings. The zero-order valence-corrected chi connectivity index (χ0v) is 13.0. The third-order valence-corrected chi connectivity index (χ3v) is 4.01. The van der Waals surface area contributed by atoms with Crippen LogP contribution in [0.25, 0.3) is 0 Å². The maximum Gasteiger partial charge on any atom is 0.221 e. The van der Waals surface area contributed by atoms with Gasteiger partial charge in [0.25, 0.3) is 0 Å². The van der Waals surface area contributed by atoms with Gasteiger partial charge in [-0.15, -0.1) is 0 Å². The van der Waals surface area contributed by atoms with Crippen LogP contribution in [0.1, 0.15) is 32.3 Å². The first-order valence-electron chi connectivity index (χ1n) is 7.46. The maximum atomic E-state index is 5.32. The fourth-order valence-corrected chi connectivity index (χ4v) is 2.80. The fraction of sp³-hybridized carbons (Fsp3) is 0.733. The molecule has 1 aromatic rings. The molecule has 1 aliphatic rings. The summed E-state index contributed by atoms with van der Waals surface area (Å²) in [4.78, 5) is 11.1. The van der Waals surface area contributed by atoms with Gasteiger partial charge in [0, 0.05) is 12.6 Å². The fourth-order valence-electron chi connectivity index (χ4n) is 2.80. The molecular formula is C15H26N4O. The Morgan fingerprint density at radius 1 is 1.35 bits per heavy atom. The largest absolute Gasteiger partial charge is 0.481 e. The van der Waals surface area contributed by atoms with Crippen molar-refractivity contribution in [2.45, 2.75) is 39.7 Å². The minimum atomic E-state index is 0.420. The van der Waals surface area contributed by atoms with Gasteiger partial charge in [-0.3, -0.25) is 0 Å². The molecule has 1 saturated heterocycles. The number of methoxy groups -OCH3 is 1. The molecule has 0 amide bonds. The number of hydrogen-bond donors (Lipinski definition) is 1. The predicted molar refractivity (Wildman–Crippen MR) is 81.4 cm³/mol. The first kappa shape index (κ1) is 15.0. The maximum absolute atomic E-state index is 5.32. The van der Waals surface area contributed by atoms with Crippen molar-refractivity contribution in [1.82, 2.24) is 15.3 Å². The number of aromatic nitrogens is 2. The Kier molecular flexibility index (Phi) is 5.17. The van der Waals surface area contributed by atoms with Crippen LogP contribution in [0.3, 0.4) is 0 Å². The standard InChI is InChI=1S/C15H26N4O/c1-11(2)19(9-13-5-7-16-8-6-13)14-12(3)15(20-4)18-10-17-14/h10-11,13,16H,5-9H2,1-4H3. The quantitative estimate of drug-likeness (QED) is 0.893. The van der Waals surface area contributed by atoms with Gasteiger partial charge in [-0.2, -0.15) is 0 Å². The molecule has 2 heterocycles. The summed E-state index contributed by atoms with van der Waals surface area (Å²) in [5.74, 6) is 2.41. The van der Waals surface area contributed by atoms with Crippen molar-refractivity contribution in [3.8, 4) is 5.88 Å². The van der Waals surface area contributed by atoms with E-state index in [1.54, 1.807) is 13.4 Å². The normalized spacial score (nSPS) is 16.4. The van der Waals surface area contributed by atoms with Crippen molar-refractivity contribution in [2.24, 2.45) is 5.92 Å². The highest BCUT2D eigenvalue weighted by Crippen LogP contribution is 2.27. The van der Waals surface area contributed by atoms with Gasteiger partial charge in [-0.1, -0.05) is 0 Å². The Hall–Kier alpha value is -1.36. The second kappa shape index (κ2) is 6.88. The average molecular weight is 278 g/mol. The summed E-state index contributed by atoms with van der Waals surface area (Å²) in [6.45, 7) is 9.78. The predicted octanol–water partition coefficient (Wildman–Crippen LogP) is 2.01. The molecule has 0 bridgehead atoms. The summed E-state index contributed by atoms with van der Waals surface area (Å²) in [6.07, 6.45) is 4.08. The summed E-state index contributed by atoms with van der Waals surface area (Å²) in [5, 5.41) is 3.42. The lowest BCUT2D eigenvalue weighted by molar-refractivity contribution is 0.365. The number of ether oxygens (including phenoxy) is 1. The summed E-state index contributed by atoms with van der Waals surface area (Å²) < 4.78 is 5.32. The van der Waals surface area contributed by atoms with Crippen molar-refractivity contribution in [1.29, 1.82) is 0 Å². The van der Waals surface area contributed by atoms with E-state index in [-0.39, 0.29) is 0 Å². The number of rotatable bonds is 5. The molecule has 1 aliphatic heterocycles. The lowest BCUT2D eigenvalue weighted by Crippen LogP contribution is -2.40. The lowest BCUT2D eigenvalue weighted by Gasteiger charge is -2.34. The first-order chi connectivity index (χ1) is 9.63. The van der Waals surface area contributed by atoms with E-state index < -0.39 is 0 Å². The van der Waals surface area contributed by atoms with Gasteiger partial charge in [0.1, 0.15) is 12.1 Å². The van der Waals surface area contributed by atoms with Crippen LogP contribution in [-0.2, 0) is 0 Å².